The van der Waals surface area contributed by atoms with E-state index >= 15 is 0 Å². The van der Waals surface area contributed by atoms with Crippen LogP contribution in [0.5, 0.6) is 0 Å². The normalized spacial score (nSPS) is 13.7. The number of hydrogen-bond acceptors (Lipinski definition) is 4. The van der Waals surface area contributed by atoms with Crippen molar-refractivity contribution in [2.45, 2.75) is 51.7 Å². The molecule has 0 heterocycles. The average molecular weight is 297 g/mol. The SMILES string of the molecule is C=CCC[C@H](NC(=O)OC(C)(C)C)[C@H](CC=C)C(=O)OC. The van der Waals surface area contributed by atoms with Crippen molar-refractivity contribution in [3.8, 4) is 0 Å². The fraction of sp³-hybridized carbons (Fsp3) is 0.625. The van der Waals surface area contributed by atoms with Gasteiger partial charge in [0.15, 0.2) is 0 Å². The van der Waals surface area contributed by atoms with Gasteiger partial charge in [0.2, 0.25) is 0 Å². The maximum Gasteiger partial charge on any atom is 0.407 e. The van der Waals surface area contributed by atoms with E-state index in [4.69, 9.17) is 9.47 Å². The second-order valence-electron chi connectivity index (χ2n) is 5.77. The molecule has 0 spiro atoms. The Morgan fingerprint density at radius 3 is 2.29 bits per heavy atom. The van der Waals surface area contributed by atoms with E-state index in [0.717, 1.165) is 0 Å². The van der Waals surface area contributed by atoms with Crippen LogP contribution in [-0.4, -0.2) is 30.8 Å². The summed E-state index contributed by atoms with van der Waals surface area (Å²) in [6.45, 7) is 12.7. The molecule has 21 heavy (non-hydrogen) atoms. The molecule has 1 N–H and O–H groups in total. The fourth-order valence-electron chi connectivity index (χ4n) is 1.89. The third-order valence-electron chi connectivity index (χ3n) is 2.79. The van der Waals surface area contributed by atoms with Gasteiger partial charge >= 0.3 is 12.1 Å². The van der Waals surface area contributed by atoms with Gasteiger partial charge in [-0.05, 0) is 40.0 Å². The van der Waals surface area contributed by atoms with Gasteiger partial charge in [-0.3, -0.25) is 4.79 Å². The summed E-state index contributed by atoms with van der Waals surface area (Å²) in [5.74, 6) is -0.861. The van der Waals surface area contributed by atoms with E-state index in [1.807, 2.05) is 0 Å². The van der Waals surface area contributed by atoms with Gasteiger partial charge in [0.1, 0.15) is 5.60 Å². The summed E-state index contributed by atoms with van der Waals surface area (Å²) in [5, 5.41) is 2.75. The number of allylic oxidation sites excluding steroid dienone is 2. The topological polar surface area (TPSA) is 64.6 Å². The Labute approximate surface area is 127 Å². The van der Waals surface area contributed by atoms with E-state index in [1.54, 1.807) is 32.9 Å². The quantitative estimate of drug-likeness (QED) is 0.552. The highest BCUT2D eigenvalue weighted by atomic mass is 16.6. The Balaban J connectivity index is 4.96. The van der Waals surface area contributed by atoms with E-state index < -0.39 is 17.6 Å². The van der Waals surface area contributed by atoms with Crippen molar-refractivity contribution in [3.05, 3.63) is 25.3 Å². The van der Waals surface area contributed by atoms with Crippen molar-refractivity contribution in [1.29, 1.82) is 0 Å². The van der Waals surface area contributed by atoms with Crippen LogP contribution in [-0.2, 0) is 14.3 Å². The van der Waals surface area contributed by atoms with Crippen LogP contribution >= 0.6 is 0 Å². The molecule has 0 aliphatic rings. The minimum atomic E-state index is -0.591. The smallest absolute Gasteiger partial charge is 0.407 e. The molecule has 0 aromatic heterocycles. The lowest BCUT2D eigenvalue weighted by molar-refractivity contribution is -0.146. The van der Waals surface area contributed by atoms with Crippen LogP contribution in [0.25, 0.3) is 0 Å². The highest BCUT2D eigenvalue weighted by Gasteiger charge is 2.30. The third-order valence-corrected chi connectivity index (χ3v) is 2.79. The molecule has 5 nitrogen and oxygen atoms in total. The Kier molecular flexibility index (Phi) is 8.43. The first kappa shape index (κ1) is 19.2. The molecule has 1 amide bonds. The van der Waals surface area contributed by atoms with Crippen molar-refractivity contribution in [3.63, 3.8) is 0 Å². The first-order valence-electron chi connectivity index (χ1n) is 7.04. The lowest BCUT2D eigenvalue weighted by Crippen LogP contribution is -2.45. The standard InChI is InChI=1S/C16H27NO4/c1-7-9-11-13(12(10-8-2)14(18)20-6)17-15(19)21-16(3,4)5/h7-8,12-13H,1-2,9-11H2,3-6H3,(H,17,19)/t12-,13-/m0/s1. The molecule has 5 heteroatoms. The zero-order valence-electron chi connectivity index (χ0n) is 13.5. The maximum atomic E-state index is 11.9. The Morgan fingerprint density at radius 2 is 1.86 bits per heavy atom. The van der Waals surface area contributed by atoms with Gasteiger partial charge in [-0.2, -0.15) is 0 Å². The number of alkyl carbamates (subject to hydrolysis) is 1. The van der Waals surface area contributed by atoms with Crippen LogP contribution in [0.2, 0.25) is 0 Å². The molecule has 0 aromatic carbocycles. The highest BCUT2D eigenvalue weighted by Crippen LogP contribution is 2.18. The number of carbonyl (C=O) groups is 2. The molecule has 2 atom stereocenters. The van der Waals surface area contributed by atoms with Gasteiger partial charge in [-0.25, -0.2) is 4.79 Å². The number of hydrogen-bond donors (Lipinski definition) is 1. The van der Waals surface area contributed by atoms with Crippen molar-refractivity contribution in [2.24, 2.45) is 5.92 Å². The Bertz CT molecular complexity index is 371. The maximum absolute atomic E-state index is 11.9. The van der Waals surface area contributed by atoms with Crippen molar-refractivity contribution in [2.75, 3.05) is 7.11 Å². The molecule has 0 bridgehead atoms. The van der Waals surface area contributed by atoms with E-state index in [0.29, 0.717) is 19.3 Å². The number of methoxy groups -OCH3 is 1. The lowest BCUT2D eigenvalue weighted by Gasteiger charge is -2.27. The van der Waals surface area contributed by atoms with Crippen LogP contribution in [0.1, 0.15) is 40.0 Å². The molecule has 0 aliphatic heterocycles. The van der Waals surface area contributed by atoms with E-state index in [2.05, 4.69) is 18.5 Å². The minimum absolute atomic E-state index is 0.375. The van der Waals surface area contributed by atoms with Crippen LogP contribution in [0, 0.1) is 5.92 Å². The lowest BCUT2D eigenvalue weighted by atomic mass is 9.92. The monoisotopic (exact) mass is 297 g/mol. The highest BCUT2D eigenvalue weighted by molar-refractivity contribution is 5.75. The summed E-state index contributed by atoms with van der Waals surface area (Å²) in [6, 6.07) is -0.386. The molecule has 0 aromatic rings. The predicted octanol–water partition coefficient (Wildman–Crippen LogP) is 3.21. The number of nitrogens with one attached hydrogen (secondary N) is 1. The summed E-state index contributed by atoms with van der Waals surface area (Å²) >= 11 is 0. The minimum Gasteiger partial charge on any atom is -0.469 e. The zero-order valence-corrected chi connectivity index (χ0v) is 13.5. The fourth-order valence-corrected chi connectivity index (χ4v) is 1.89. The van der Waals surface area contributed by atoms with Crippen molar-refractivity contribution < 1.29 is 19.1 Å². The van der Waals surface area contributed by atoms with E-state index in [1.165, 1.54) is 7.11 Å². The molecule has 0 saturated heterocycles. The molecule has 0 rings (SSSR count). The first-order valence-corrected chi connectivity index (χ1v) is 7.04. The van der Waals surface area contributed by atoms with Gasteiger partial charge in [-0.1, -0.05) is 12.2 Å². The number of amides is 1. The summed E-state index contributed by atoms with van der Waals surface area (Å²) in [5.41, 5.74) is -0.591. The Morgan fingerprint density at radius 1 is 1.24 bits per heavy atom. The van der Waals surface area contributed by atoms with Gasteiger partial charge in [-0.15, -0.1) is 13.2 Å². The van der Waals surface area contributed by atoms with Crippen LogP contribution in [0.4, 0.5) is 4.79 Å². The Hall–Kier alpha value is -1.78. The number of ether oxygens (including phenoxy) is 2. The molecule has 0 saturated carbocycles. The second kappa shape index (κ2) is 9.21. The predicted molar refractivity (Wildman–Crippen MR) is 82.9 cm³/mol. The van der Waals surface area contributed by atoms with Crippen LogP contribution in [0.15, 0.2) is 25.3 Å². The average Bonchev–Trinajstić information content (AvgIpc) is 2.38. The first-order chi connectivity index (χ1) is 9.75. The van der Waals surface area contributed by atoms with Gasteiger partial charge in [0.05, 0.1) is 13.0 Å². The summed E-state index contributed by atoms with van der Waals surface area (Å²) in [4.78, 5) is 23.8. The molecule has 120 valence electrons. The number of rotatable bonds is 8. The second-order valence-corrected chi connectivity index (χ2v) is 5.77. The molecular formula is C16H27NO4. The number of esters is 1. The molecule has 0 radical (unpaired) electrons. The third kappa shape index (κ3) is 8.17. The van der Waals surface area contributed by atoms with Gasteiger partial charge in [0.25, 0.3) is 0 Å². The van der Waals surface area contributed by atoms with Crippen molar-refractivity contribution >= 4 is 12.1 Å². The van der Waals surface area contributed by atoms with Gasteiger partial charge in [0, 0.05) is 6.04 Å². The number of carbonyl (C=O) groups excluding carboxylic acids is 2. The van der Waals surface area contributed by atoms with Gasteiger partial charge < -0.3 is 14.8 Å². The molecule has 0 aliphatic carbocycles. The summed E-state index contributed by atoms with van der Waals surface area (Å²) in [6.07, 6.45) is 4.51. The van der Waals surface area contributed by atoms with Crippen LogP contribution in [0.3, 0.4) is 0 Å². The zero-order chi connectivity index (χ0) is 16.5. The van der Waals surface area contributed by atoms with Crippen LogP contribution < -0.4 is 5.32 Å². The molecule has 0 unspecified atom stereocenters. The molecular weight excluding hydrogens is 270 g/mol. The van der Waals surface area contributed by atoms with E-state index in [-0.39, 0.29) is 12.0 Å². The van der Waals surface area contributed by atoms with Crippen molar-refractivity contribution in [1.82, 2.24) is 5.32 Å². The van der Waals surface area contributed by atoms with E-state index in [9.17, 15) is 9.59 Å². The molecule has 0 fully saturated rings. The summed E-state index contributed by atoms with van der Waals surface area (Å²) in [7, 11) is 1.33. The largest absolute Gasteiger partial charge is 0.469 e. The summed E-state index contributed by atoms with van der Waals surface area (Å²) < 4.78 is 10.0.